The van der Waals surface area contributed by atoms with E-state index in [4.69, 9.17) is 16.0 Å². The zero-order valence-corrected chi connectivity index (χ0v) is 12.3. The zero-order chi connectivity index (χ0) is 14.1. The van der Waals surface area contributed by atoms with E-state index in [2.05, 4.69) is 0 Å². The largest absolute Gasteiger partial charge is 0.423 e. The summed E-state index contributed by atoms with van der Waals surface area (Å²) in [4.78, 5) is 13.5. The van der Waals surface area contributed by atoms with Gasteiger partial charge in [-0.2, -0.15) is 0 Å². The van der Waals surface area contributed by atoms with Crippen molar-refractivity contribution in [2.75, 3.05) is 0 Å². The number of hydrogen-bond acceptors (Lipinski definition) is 3. The van der Waals surface area contributed by atoms with Crippen LogP contribution in [-0.2, 0) is 0 Å². The van der Waals surface area contributed by atoms with E-state index in [0.717, 1.165) is 20.7 Å². The molecule has 2 aromatic carbocycles. The lowest BCUT2D eigenvalue weighted by atomic mass is 10.1. The smallest absolute Gasteiger partial charge is 0.336 e. The summed E-state index contributed by atoms with van der Waals surface area (Å²) in [5.41, 5.74) is 1.22. The lowest BCUT2D eigenvalue weighted by Gasteiger charge is -2.05. The SMILES string of the molecule is Cc1cc(=O)oc2cc(Sc3cccc(Cl)c3)ccc12. The molecule has 0 unspecified atom stereocenters. The first-order valence-electron chi connectivity index (χ1n) is 6.10. The van der Waals surface area contributed by atoms with Crippen LogP contribution in [0, 0.1) is 6.92 Å². The molecule has 1 aromatic heterocycles. The topological polar surface area (TPSA) is 30.2 Å². The summed E-state index contributed by atoms with van der Waals surface area (Å²) in [7, 11) is 0. The van der Waals surface area contributed by atoms with Gasteiger partial charge in [-0.1, -0.05) is 29.4 Å². The molecule has 0 fully saturated rings. The molecule has 0 saturated heterocycles. The fourth-order valence-electron chi connectivity index (χ4n) is 2.04. The minimum absolute atomic E-state index is 0.320. The average molecular weight is 303 g/mol. The maximum Gasteiger partial charge on any atom is 0.336 e. The molecule has 0 atom stereocenters. The van der Waals surface area contributed by atoms with E-state index in [0.29, 0.717) is 10.6 Å². The Kier molecular flexibility index (Phi) is 3.55. The van der Waals surface area contributed by atoms with Gasteiger partial charge in [-0.15, -0.1) is 0 Å². The number of halogens is 1. The van der Waals surface area contributed by atoms with Crippen molar-refractivity contribution in [3.8, 4) is 0 Å². The Hall–Kier alpha value is -1.71. The number of aryl methyl sites for hydroxylation is 1. The van der Waals surface area contributed by atoms with E-state index in [1.165, 1.54) is 6.07 Å². The molecule has 2 nitrogen and oxygen atoms in total. The minimum Gasteiger partial charge on any atom is -0.423 e. The Morgan fingerprint density at radius 3 is 2.65 bits per heavy atom. The maximum absolute atomic E-state index is 11.4. The molecule has 20 heavy (non-hydrogen) atoms. The molecular weight excluding hydrogens is 292 g/mol. The van der Waals surface area contributed by atoms with Gasteiger partial charge in [-0.3, -0.25) is 0 Å². The fourth-order valence-corrected chi connectivity index (χ4v) is 3.20. The van der Waals surface area contributed by atoms with Crippen molar-refractivity contribution < 1.29 is 4.42 Å². The van der Waals surface area contributed by atoms with Crippen molar-refractivity contribution in [3.05, 3.63) is 69.5 Å². The molecule has 4 heteroatoms. The van der Waals surface area contributed by atoms with Crippen molar-refractivity contribution in [1.29, 1.82) is 0 Å². The lowest BCUT2D eigenvalue weighted by molar-refractivity contribution is 0.559. The van der Waals surface area contributed by atoms with Crippen molar-refractivity contribution in [3.63, 3.8) is 0 Å². The quantitative estimate of drug-likeness (QED) is 0.630. The van der Waals surface area contributed by atoms with Gasteiger partial charge in [0.05, 0.1) is 0 Å². The summed E-state index contributed by atoms with van der Waals surface area (Å²) < 4.78 is 5.25. The normalized spacial score (nSPS) is 10.9. The van der Waals surface area contributed by atoms with Crippen molar-refractivity contribution in [1.82, 2.24) is 0 Å². The minimum atomic E-state index is -0.320. The van der Waals surface area contributed by atoms with Gasteiger partial charge in [0, 0.05) is 26.3 Å². The van der Waals surface area contributed by atoms with Crippen LogP contribution >= 0.6 is 23.4 Å². The third-order valence-electron chi connectivity index (χ3n) is 2.95. The third-order valence-corrected chi connectivity index (χ3v) is 4.17. The van der Waals surface area contributed by atoms with E-state index in [9.17, 15) is 4.79 Å². The van der Waals surface area contributed by atoms with Crippen LogP contribution in [0.15, 0.2) is 67.5 Å². The molecule has 0 N–H and O–H groups in total. The molecule has 0 saturated carbocycles. The van der Waals surface area contributed by atoms with Gasteiger partial charge in [0.25, 0.3) is 0 Å². The van der Waals surface area contributed by atoms with Crippen LogP contribution in [0.1, 0.15) is 5.56 Å². The molecule has 0 spiro atoms. The first-order chi connectivity index (χ1) is 9.61. The van der Waals surface area contributed by atoms with Crippen LogP contribution in [-0.4, -0.2) is 0 Å². The highest BCUT2D eigenvalue weighted by atomic mass is 35.5. The second-order valence-electron chi connectivity index (χ2n) is 4.47. The van der Waals surface area contributed by atoms with Crippen LogP contribution in [0.25, 0.3) is 11.0 Å². The highest BCUT2D eigenvalue weighted by Gasteiger charge is 2.05. The van der Waals surface area contributed by atoms with Gasteiger partial charge in [-0.05, 0) is 48.9 Å². The van der Waals surface area contributed by atoms with Gasteiger partial charge in [-0.25, -0.2) is 4.79 Å². The van der Waals surface area contributed by atoms with Gasteiger partial charge < -0.3 is 4.42 Å². The number of benzene rings is 2. The monoisotopic (exact) mass is 302 g/mol. The van der Waals surface area contributed by atoms with Crippen molar-refractivity contribution in [2.45, 2.75) is 16.7 Å². The maximum atomic E-state index is 11.4. The van der Waals surface area contributed by atoms with Gasteiger partial charge >= 0.3 is 5.63 Å². The first-order valence-corrected chi connectivity index (χ1v) is 7.29. The van der Waals surface area contributed by atoms with E-state index in [1.54, 1.807) is 11.8 Å². The van der Waals surface area contributed by atoms with Crippen molar-refractivity contribution >= 4 is 34.3 Å². The van der Waals surface area contributed by atoms with Gasteiger partial charge in [0.2, 0.25) is 0 Å². The fraction of sp³-hybridized carbons (Fsp3) is 0.0625. The Labute approximate surface area is 125 Å². The predicted octanol–water partition coefficient (Wildman–Crippen LogP) is 4.91. The van der Waals surface area contributed by atoms with Crippen LogP contribution in [0.3, 0.4) is 0 Å². The Balaban J connectivity index is 2.03. The third kappa shape index (κ3) is 2.74. The average Bonchev–Trinajstić information content (AvgIpc) is 2.38. The first kappa shape index (κ1) is 13.3. The second-order valence-corrected chi connectivity index (χ2v) is 6.05. The Morgan fingerprint density at radius 1 is 1.05 bits per heavy atom. The molecular formula is C16H11ClO2S. The molecule has 0 aliphatic carbocycles. The molecule has 100 valence electrons. The summed E-state index contributed by atoms with van der Waals surface area (Å²) in [5.74, 6) is 0. The van der Waals surface area contributed by atoms with Crippen LogP contribution in [0.2, 0.25) is 5.02 Å². The Morgan fingerprint density at radius 2 is 1.85 bits per heavy atom. The molecule has 3 aromatic rings. The van der Waals surface area contributed by atoms with Crippen molar-refractivity contribution in [2.24, 2.45) is 0 Å². The molecule has 0 radical (unpaired) electrons. The summed E-state index contributed by atoms with van der Waals surface area (Å²) in [6.45, 7) is 1.91. The van der Waals surface area contributed by atoms with E-state index < -0.39 is 0 Å². The molecule has 0 aliphatic rings. The molecule has 0 aliphatic heterocycles. The van der Waals surface area contributed by atoms with Gasteiger partial charge in [0.1, 0.15) is 5.58 Å². The lowest BCUT2D eigenvalue weighted by Crippen LogP contribution is -1.97. The summed E-state index contributed by atoms with van der Waals surface area (Å²) >= 11 is 7.56. The Bertz CT molecular complexity index is 839. The second kappa shape index (κ2) is 5.35. The number of fused-ring (bicyclic) bond motifs is 1. The molecule has 1 heterocycles. The molecule has 0 bridgehead atoms. The van der Waals surface area contributed by atoms with E-state index in [1.807, 2.05) is 49.4 Å². The van der Waals surface area contributed by atoms with Gasteiger partial charge in [0.15, 0.2) is 0 Å². The zero-order valence-electron chi connectivity index (χ0n) is 10.7. The highest BCUT2D eigenvalue weighted by molar-refractivity contribution is 7.99. The molecule has 0 amide bonds. The molecule has 3 rings (SSSR count). The summed E-state index contributed by atoms with van der Waals surface area (Å²) in [6.07, 6.45) is 0. The summed E-state index contributed by atoms with van der Waals surface area (Å²) in [6, 6.07) is 15.0. The standard InChI is InChI=1S/C16H11ClO2S/c1-10-7-16(18)19-15-9-13(5-6-14(10)15)20-12-4-2-3-11(17)8-12/h2-9H,1H3. The number of rotatable bonds is 2. The summed E-state index contributed by atoms with van der Waals surface area (Å²) in [5, 5.41) is 1.67. The van der Waals surface area contributed by atoms with E-state index >= 15 is 0 Å². The van der Waals surface area contributed by atoms with Crippen LogP contribution in [0.5, 0.6) is 0 Å². The van der Waals surface area contributed by atoms with Crippen LogP contribution in [0.4, 0.5) is 0 Å². The highest BCUT2D eigenvalue weighted by Crippen LogP contribution is 2.31. The van der Waals surface area contributed by atoms with Crippen LogP contribution < -0.4 is 5.63 Å². The number of hydrogen-bond donors (Lipinski definition) is 0. The van der Waals surface area contributed by atoms with E-state index in [-0.39, 0.29) is 5.63 Å². The predicted molar refractivity (Wildman–Crippen MR) is 82.8 cm³/mol.